The Bertz CT molecular complexity index is 723. The molecule has 2 saturated heterocycles. The van der Waals surface area contributed by atoms with E-state index in [1.807, 2.05) is 0 Å². The van der Waals surface area contributed by atoms with Gasteiger partial charge in [0, 0.05) is 31.7 Å². The summed E-state index contributed by atoms with van der Waals surface area (Å²) in [4.78, 5) is 17.7. The molecule has 1 amide bonds. The van der Waals surface area contributed by atoms with Crippen molar-refractivity contribution in [3.8, 4) is 0 Å². The van der Waals surface area contributed by atoms with Crippen molar-refractivity contribution in [1.82, 2.24) is 19.7 Å². The molecule has 29 heavy (non-hydrogen) atoms. The Labute approximate surface area is 178 Å². The molecule has 7 heteroatoms. The average Bonchev–Trinajstić information content (AvgIpc) is 3.51. The average molecular weight is 418 g/mol. The van der Waals surface area contributed by atoms with Crippen molar-refractivity contribution in [3.05, 3.63) is 0 Å². The zero-order valence-corrected chi connectivity index (χ0v) is 18.6. The molecule has 2 aliphatic heterocycles. The van der Waals surface area contributed by atoms with Crippen LogP contribution in [0.15, 0.2) is 5.16 Å². The van der Waals surface area contributed by atoms with Gasteiger partial charge >= 0.3 is 0 Å². The van der Waals surface area contributed by atoms with Crippen LogP contribution in [0.4, 0.5) is 5.95 Å². The number of anilines is 1. The standard InChI is InChI=1S/C22H35N5OS/c1-16-10-13-25(14-11-16)21-23-24-22(27(21)18-8-9-18)29-15-20(28)26-12-4-6-17-5-2-3-7-19(17)26/h16-19H,2-15H2,1H3. The summed E-state index contributed by atoms with van der Waals surface area (Å²) in [5.41, 5.74) is 0. The maximum atomic E-state index is 13.1. The normalized spacial score (nSPS) is 28.4. The number of carbonyl (C=O) groups is 1. The molecule has 4 aliphatic rings. The number of amides is 1. The number of carbonyl (C=O) groups excluding carboxylic acids is 1. The molecular formula is C22H35N5OS. The molecule has 160 valence electrons. The zero-order valence-electron chi connectivity index (χ0n) is 17.8. The van der Waals surface area contributed by atoms with Crippen LogP contribution < -0.4 is 4.90 Å². The number of fused-ring (bicyclic) bond motifs is 1. The van der Waals surface area contributed by atoms with Crippen LogP contribution in [0.3, 0.4) is 0 Å². The minimum absolute atomic E-state index is 0.310. The zero-order chi connectivity index (χ0) is 19.8. The Morgan fingerprint density at radius 2 is 1.72 bits per heavy atom. The van der Waals surface area contributed by atoms with Gasteiger partial charge in [0.1, 0.15) is 0 Å². The molecule has 0 radical (unpaired) electrons. The maximum absolute atomic E-state index is 13.1. The van der Waals surface area contributed by atoms with Crippen molar-refractivity contribution in [2.75, 3.05) is 30.3 Å². The molecule has 0 N–H and O–H groups in total. The van der Waals surface area contributed by atoms with E-state index in [-0.39, 0.29) is 0 Å². The number of hydrogen-bond acceptors (Lipinski definition) is 5. The first kappa shape index (κ1) is 19.7. The molecule has 0 aromatic carbocycles. The Kier molecular flexibility index (Phi) is 5.76. The fraction of sp³-hybridized carbons (Fsp3) is 0.864. The predicted octanol–water partition coefficient (Wildman–Crippen LogP) is 4.12. The molecule has 6 nitrogen and oxygen atoms in total. The van der Waals surface area contributed by atoms with Gasteiger partial charge in [-0.1, -0.05) is 31.5 Å². The van der Waals surface area contributed by atoms with Gasteiger partial charge in [0.15, 0.2) is 5.16 Å². The van der Waals surface area contributed by atoms with E-state index in [4.69, 9.17) is 0 Å². The molecule has 2 aliphatic carbocycles. The van der Waals surface area contributed by atoms with Crippen LogP contribution >= 0.6 is 11.8 Å². The lowest BCUT2D eigenvalue weighted by Gasteiger charge is -2.44. The highest BCUT2D eigenvalue weighted by Gasteiger charge is 2.36. The molecule has 0 spiro atoms. The van der Waals surface area contributed by atoms with E-state index in [9.17, 15) is 4.79 Å². The fourth-order valence-corrected chi connectivity index (χ4v) is 6.47. The number of rotatable bonds is 5. The van der Waals surface area contributed by atoms with E-state index in [0.717, 1.165) is 42.6 Å². The van der Waals surface area contributed by atoms with Gasteiger partial charge in [0.25, 0.3) is 0 Å². The van der Waals surface area contributed by atoms with Crippen molar-refractivity contribution in [1.29, 1.82) is 0 Å². The molecule has 2 unspecified atom stereocenters. The lowest BCUT2D eigenvalue weighted by molar-refractivity contribution is -0.134. The van der Waals surface area contributed by atoms with Crippen LogP contribution in [-0.2, 0) is 4.79 Å². The van der Waals surface area contributed by atoms with Crippen LogP contribution in [0.1, 0.15) is 77.2 Å². The second kappa shape index (κ2) is 8.48. The molecule has 1 aromatic heterocycles. The van der Waals surface area contributed by atoms with E-state index in [0.29, 0.717) is 23.7 Å². The van der Waals surface area contributed by atoms with Crippen molar-refractivity contribution in [2.24, 2.45) is 11.8 Å². The summed E-state index contributed by atoms with van der Waals surface area (Å²) in [7, 11) is 0. The Balaban J connectivity index is 1.25. The van der Waals surface area contributed by atoms with Gasteiger partial charge in [-0.2, -0.15) is 0 Å². The van der Waals surface area contributed by atoms with E-state index in [1.54, 1.807) is 11.8 Å². The topological polar surface area (TPSA) is 54.3 Å². The number of aromatic nitrogens is 3. The second-order valence-electron chi connectivity index (χ2n) is 9.68. The summed E-state index contributed by atoms with van der Waals surface area (Å²) < 4.78 is 2.34. The Morgan fingerprint density at radius 1 is 0.966 bits per heavy atom. The highest BCUT2D eigenvalue weighted by atomic mass is 32.2. The molecule has 4 fully saturated rings. The Morgan fingerprint density at radius 3 is 2.52 bits per heavy atom. The van der Waals surface area contributed by atoms with E-state index in [1.165, 1.54) is 64.2 Å². The second-order valence-corrected chi connectivity index (χ2v) is 10.6. The number of likely N-dealkylation sites (tertiary alicyclic amines) is 1. The van der Waals surface area contributed by atoms with E-state index >= 15 is 0 Å². The van der Waals surface area contributed by atoms with Gasteiger partial charge in [-0.3, -0.25) is 9.36 Å². The van der Waals surface area contributed by atoms with E-state index < -0.39 is 0 Å². The third kappa shape index (κ3) is 4.17. The predicted molar refractivity (Wildman–Crippen MR) is 116 cm³/mol. The Hall–Kier alpha value is -1.24. The van der Waals surface area contributed by atoms with Gasteiger partial charge in [0.05, 0.1) is 5.75 Å². The molecule has 3 heterocycles. The number of hydrogen-bond donors (Lipinski definition) is 0. The first-order valence-electron chi connectivity index (χ1n) is 11.8. The van der Waals surface area contributed by atoms with Crippen molar-refractivity contribution in [2.45, 2.75) is 88.4 Å². The minimum Gasteiger partial charge on any atom is -0.341 e. The van der Waals surface area contributed by atoms with Crippen molar-refractivity contribution < 1.29 is 4.79 Å². The molecule has 2 atom stereocenters. The molecule has 5 rings (SSSR count). The summed E-state index contributed by atoms with van der Waals surface area (Å²) in [5.74, 6) is 3.41. The number of piperidine rings is 2. The van der Waals surface area contributed by atoms with Crippen LogP contribution in [-0.4, -0.2) is 57.0 Å². The lowest BCUT2D eigenvalue weighted by atomic mass is 9.78. The molecule has 2 saturated carbocycles. The monoisotopic (exact) mass is 417 g/mol. The van der Waals surface area contributed by atoms with Crippen LogP contribution in [0.5, 0.6) is 0 Å². The lowest BCUT2D eigenvalue weighted by Crippen LogP contribution is -2.50. The van der Waals surface area contributed by atoms with Crippen LogP contribution in [0, 0.1) is 11.8 Å². The van der Waals surface area contributed by atoms with Crippen LogP contribution in [0.25, 0.3) is 0 Å². The summed E-state index contributed by atoms with van der Waals surface area (Å²) in [6.07, 6.45) is 12.5. The quantitative estimate of drug-likeness (QED) is 0.675. The number of thioether (sulfide) groups is 1. The maximum Gasteiger partial charge on any atom is 0.233 e. The van der Waals surface area contributed by atoms with Gasteiger partial charge in [-0.05, 0) is 63.2 Å². The van der Waals surface area contributed by atoms with Gasteiger partial charge in [0.2, 0.25) is 11.9 Å². The summed E-state index contributed by atoms with van der Waals surface area (Å²) in [6, 6.07) is 1.03. The van der Waals surface area contributed by atoms with Crippen LogP contribution in [0.2, 0.25) is 0 Å². The molecule has 1 aromatic rings. The van der Waals surface area contributed by atoms with E-state index in [2.05, 4.69) is 31.5 Å². The van der Waals surface area contributed by atoms with Gasteiger partial charge in [-0.25, -0.2) is 0 Å². The molecular weight excluding hydrogens is 382 g/mol. The first-order valence-corrected chi connectivity index (χ1v) is 12.8. The van der Waals surface area contributed by atoms with Crippen molar-refractivity contribution >= 4 is 23.6 Å². The number of nitrogens with zero attached hydrogens (tertiary/aromatic N) is 5. The summed E-state index contributed by atoms with van der Waals surface area (Å²) >= 11 is 1.61. The summed E-state index contributed by atoms with van der Waals surface area (Å²) in [6.45, 7) is 5.44. The molecule has 0 bridgehead atoms. The largest absolute Gasteiger partial charge is 0.341 e. The SMILES string of the molecule is CC1CCN(c2nnc(SCC(=O)N3CCCC4CCCCC43)n2C2CC2)CC1. The first-order chi connectivity index (χ1) is 14.2. The third-order valence-corrected chi connectivity index (χ3v) is 8.44. The van der Waals surface area contributed by atoms with Gasteiger partial charge < -0.3 is 9.80 Å². The van der Waals surface area contributed by atoms with Gasteiger partial charge in [-0.15, -0.1) is 10.2 Å². The van der Waals surface area contributed by atoms with Crippen molar-refractivity contribution in [3.63, 3.8) is 0 Å². The fourth-order valence-electron chi connectivity index (χ4n) is 5.59. The minimum atomic E-state index is 0.310. The smallest absolute Gasteiger partial charge is 0.233 e. The highest BCUT2D eigenvalue weighted by Crippen LogP contribution is 2.42. The summed E-state index contributed by atoms with van der Waals surface area (Å²) in [5, 5.41) is 10.1. The highest BCUT2D eigenvalue weighted by molar-refractivity contribution is 7.99. The third-order valence-electron chi connectivity index (χ3n) is 7.51.